The van der Waals surface area contributed by atoms with Gasteiger partial charge in [-0.1, -0.05) is 49.4 Å². The molecule has 0 aliphatic carbocycles. The molecule has 6 amide bonds. The molecule has 0 saturated carbocycles. The van der Waals surface area contributed by atoms with E-state index in [2.05, 4.69) is 25.8 Å². The molecule has 1 aromatic heterocycles. The number of likely N-dealkylation sites (N-methyl/N-ethyl adjacent to an activating group) is 1. The molecular formula is C53H67N9O10S. The van der Waals surface area contributed by atoms with Gasteiger partial charge in [0.25, 0.3) is 5.91 Å². The molecule has 73 heavy (non-hydrogen) atoms. The van der Waals surface area contributed by atoms with Crippen LogP contribution in [0.3, 0.4) is 0 Å². The SMILES string of the molecule is CC[C@@H]1NC(=O)[C@H](NC(=O)c2ncccc2O)[C@@H](C)OC(=O)[C@@H](c2ccccc2)NC(=O)[C@H]2CC(=O)[C@@H](CS[C@H]3CN4CCC3CC4)CN2C(=O)C(Cc2ccc(N(C)C)cc2)N(C)C(=O)[C@H]2CCCN2C1=O. The molecule has 9 atom stereocenters. The van der Waals surface area contributed by atoms with E-state index in [-0.39, 0.29) is 50.1 Å². The van der Waals surface area contributed by atoms with Gasteiger partial charge in [0, 0.05) is 82.4 Å². The van der Waals surface area contributed by atoms with Crippen LogP contribution in [-0.2, 0) is 44.7 Å². The maximum absolute atomic E-state index is 15.7. The van der Waals surface area contributed by atoms with Crippen molar-refractivity contribution >= 4 is 64.6 Å². The van der Waals surface area contributed by atoms with Crippen LogP contribution in [0.15, 0.2) is 72.9 Å². The van der Waals surface area contributed by atoms with Gasteiger partial charge in [-0.15, -0.1) is 0 Å². The highest BCUT2D eigenvalue weighted by Crippen LogP contribution is 2.37. The number of benzene rings is 2. The summed E-state index contributed by atoms with van der Waals surface area (Å²) in [5.41, 5.74) is 1.49. The predicted molar refractivity (Wildman–Crippen MR) is 272 cm³/mol. The molecule has 6 aliphatic rings. The lowest BCUT2D eigenvalue weighted by Gasteiger charge is -2.45. The molecule has 2 aromatic carbocycles. The van der Waals surface area contributed by atoms with Crippen LogP contribution in [0.1, 0.15) is 80.0 Å². The van der Waals surface area contributed by atoms with E-state index >= 15 is 14.4 Å². The summed E-state index contributed by atoms with van der Waals surface area (Å²) in [6, 6.07) is 10.3. The first-order valence-corrected chi connectivity index (χ1v) is 26.4. The number of thioether (sulfide) groups is 1. The minimum atomic E-state index is -1.69. The molecule has 4 N–H and O–H groups in total. The zero-order chi connectivity index (χ0) is 52.1. The number of fused-ring (bicyclic) bond motifs is 5. The number of hydrogen-bond acceptors (Lipinski definition) is 14. The van der Waals surface area contributed by atoms with Crippen LogP contribution < -0.4 is 20.9 Å². The molecule has 19 nitrogen and oxygen atoms in total. The van der Waals surface area contributed by atoms with Gasteiger partial charge in [-0.3, -0.25) is 33.6 Å². The predicted octanol–water partition coefficient (Wildman–Crippen LogP) is 2.32. The van der Waals surface area contributed by atoms with Gasteiger partial charge >= 0.3 is 5.97 Å². The Morgan fingerprint density at radius 1 is 0.849 bits per heavy atom. The lowest BCUT2D eigenvalue weighted by Crippen LogP contribution is -2.63. The van der Waals surface area contributed by atoms with Gasteiger partial charge in [-0.2, -0.15) is 11.8 Å². The molecule has 3 aromatic rings. The number of Topliss-reactive ketones (excluding diaryl/α,β-unsaturated/α-hetero) is 1. The van der Waals surface area contributed by atoms with Crippen LogP contribution >= 0.6 is 11.8 Å². The normalized spacial score (nSPS) is 29.5. The van der Waals surface area contributed by atoms with Crippen molar-refractivity contribution in [3.8, 4) is 5.75 Å². The molecule has 1 unspecified atom stereocenters. The molecule has 2 bridgehead atoms. The van der Waals surface area contributed by atoms with Gasteiger partial charge in [-0.25, -0.2) is 9.78 Å². The van der Waals surface area contributed by atoms with Gasteiger partial charge in [0.05, 0.1) is 0 Å². The highest BCUT2D eigenvalue weighted by molar-refractivity contribution is 8.00. The molecule has 6 aliphatic heterocycles. The van der Waals surface area contributed by atoms with Crippen LogP contribution in [0, 0.1) is 11.8 Å². The van der Waals surface area contributed by atoms with E-state index in [1.165, 1.54) is 47.0 Å². The van der Waals surface area contributed by atoms with Crippen molar-refractivity contribution < 1.29 is 48.2 Å². The second kappa shape index (κ2) is 23.1. The van der Waals surface area contributed by atoms with Crippen molar-refractivity contribution in [2.45, 2.75) is 106 Å². The van der Waals surface area contributed by atoms with Crippen molar-refractivity contribution in [1.82, 2.24) is 40.5 Å². The molecule has 0 spiro atoms. The number of esters is 1. The number of aromatic hydroxyl groups is 1. The van der Waals surface area contributed by atoms with Crippen LogP contribution in [-0.4, -0.2) is 178 Å². The first-order valence-electron chi connectivity index (χ1n) is 25.3. The van der Waals surface area contributed by atoms with E-state index in [9.17, 15) is 29.1 Å². The number of aromatic nitrogens is 1. The number of piperidine rings is 4. The van der Waals surface area contributed by atoms with Crippen LogP contribution in [0.5, 0.6) is 5.75 Å². The molecule has 9 rings (SSSR count). The summed E-state index contributed by atoms with van der Waals surface area (Å²) < 4.78 is 5.97. The van der Waals surface area contributed by atoms with E-state index in [4.69, 9.17) is 4.74 Å². The number of nitrogens with zero attached hydrogens (tertiary/aromatic N) is 6. The van der Waals surface area contributed by atoms with Gasteiger partial charge < -0.3 is 50.3 Å². The topological polar surface area (TPSA) is 231 Å². The van der Waals surface area contributed by atoms with Crippen LogP contribution in [0.4, 0.5) is 5.69 Å². The fourth-order valence-electron chi connectivity index (χ4n) is 10.8. The Bertz CT molecular complexity index is 2540. The van der Waals surface area contributed by atoms with Gasteiger partial charge in [-0.05, 0) is 93.4 Å². The summed E-state index contributed by atoms with van der Waals surface area (Å²) in [7, 11) is 5.33. The molecule has 20 heteroatoms. The van der Waals surface area contributed by atoms with Gasteiger partial charge in [0.1, 0.15) is 47.8 Å². The van der Waals surface area contributed by atoms with E-state index in [0.717, 1.165) is 43.7 Å². The fourth-order valence-corrected chi connectivity index (χ4v) is 12.4. The summed E-state index contributed by atoms with van der Waals surface area (Å²) in [4.78, 5) is 130. The number of anilines is 1. The third-order valence-corrected chi connectivity index (χ3v) is 16.7. The number of carbonyl (C=O) groups excluding carboxylic acids is 8. The summed E-state index contributed by atoms with van der Waals surface area (Å²) in [5.74, 6) is -5.83. The van der Waals surface area contributed by atoms with Crippen LogP contribution in [0.2, 0.25) is 0 Å². The second-order valence-corrected chi connectivity index (χ2v) is 21.4. The number of cyclic esters (lactones) is 1. The third kappa shape index (κ3) is 11.8. The Labute approximate surface area is 430 Å². The number of nitrogens with one attached hydrogen (secondary N) is 3. The van der Waals surface area contributed by atoms with Crippen molar-refractivity contribution in [2.24, 2.45) is 11.8 Å². The highest BCUT2D eigenvalue weighted by Gasteiger charge is 2.48. The van der Waals surface area contributed by atoms with Crippen LogP contribution in [0.25, 0.3) is 0 Å². The smallest absolute Gasteiger partial charge is 0.333 e. The molecular weight excluding hydrogens is 955 g/mol. The number of rotatable bonds is 10. The highest BCUT2D eigenvalue weighted by atomic mass is 32.2. The molecule has 6 saturated heterocycles. The molecule has 390 valence electrons. The monoisotopic (exact) mass is 1020 g/mol. The van der Waals surface area contributed by atoms with E-state index in [1.54, 1.807) is 49.0 Å². The average molecular weight is 1020 g/mol. The number of ketones is 1. The lowest BCUT2D eigenvalue weighted by atomic mass is 9.88. The third-order valence-electron chi connectivity index (χ3n) is 15.2. The Morgan fingerprint density at radius 2 is 1.58 bits per heavy atom. The standard InChI is InChI=1S/C53H67N9O10S/c1-6-37-50(68)61-23-11-14-38(61)51(69)59(5)40(26-32-16-18-36(19-17-32)58(3)4)52(70)62-28-35(30-73-43-29-60-24-20-33(43)21-25-60)42(64)27-39(62)47(65)57-45(34-12-8-7-9-13-34)53(71)72-31(2)44(48(66)55-37)56-49(67)46-41(63)15-10-22-54-46/h7-10,12-13,15-19,22,31,33,35,37-40,43-45,63H,6,11,14,20-21,23-30H2,1-5H3,(H,55,66)(H,56,67)(H,57,65)/t31-,35-,37+,38-,39-,40?,43+,44-,45-/m1/s1. The van der Waals surface area contributed by atoms with Gasteiger partial charge in [0.2, 0.25) is 29.5 Å². The Kier molecular flexibility index (Phi) is 16.7. The zero-order valence-electron chi connectivity index (χ0n) is 42.1. The quantitative estimate of drug-likeness (QED) is 0.214. The van der Waals surface area contributed by atoms with Crippen molar-refractivity contribution in [1.29, 1.82) is 0 Å². The maximum Gasteiger partial charge on any atom is 0.333 e. The zero-order valence-corrected chi connectivity index (χ0v) is 42.9. The average Bonchev–Trinajstić information content (AvgIpc) is 3.89. The summed E-state index contributed by atoms with van der Waals surface area (Å²) in [6.07, 6.45) is 2.40. The van der Waals surface area contributed by atoms with Gasteiger partial charge in [0.15, 0.2) is 11.7 Å². The fraction of sp³-hybridized carbons (Fsp3) is 0.528. The minimum Gasteiger partial charge on any atom is -0.505 e. The van der Waals surface area contributed by atoms with E-state index in [0.29, 0.717) is 23.3 Å². The number of carbonyl (C=O) groups is 8. The largest absolute Gasteiger partial charge is 0.505 e. The van der Waals surface area contributed by atoms with Crippen molar-refractivity contribution in [3.63, 3.8) is 0 Å². The number of hydrogen-bond donors (Lipinski definition) is 4. The van der Waals surface area contributed by atoms with E-state index in [1.807, 2.05) is 43.3 Å². The summed E-state index contributed by atoms with van der Waals surface area (Å²) in [5, 5.41) is 18.8. The summed E-state index contributed by atoms with van der Waals surface area (Å²) in [6.45, 7) is 6.11. The molecule has 6 fully saturated rings. The maximum atomic E-state index is 15.7. The second-order valence-electron chi connectivity index (χ2n) is 20.1. The van der Waals surface area contributed by atoms with Crippen molar-refractivity contribution in [3.05, 3.63) is 89.7 Å². The Hall–Kier alpha value is -6.54. The number of amides is 6. The summed E-state index contributed by atoms with van der Waals surface area (Å²) >= 11 is 1.73. The van der Waals surface area contributed by atoms with Crippen molar-refractivity contribution in [2.75, 3.05) is 64.5 Å². The number of pyridine rings is 1. The first-order chi connectivity index (χ1) is 35.0. The Morgan fingerprint density at radius 3 is 2.23 bits per heavy atom. The lowest BCUT2D eigenvalue weighted by molar-refractivity contribution is -0.157. The Balaban J connectivity index is 1.19. The van der Waals surface area contributed by atoms with E-state index < -0.39 is 101 Å². The molecule has 0 radical (unpaired) electrons. The molecule has 7 heterocycles. The number of ether oxygens (including phenoxy) is 1. The first kappa shape index (κ1) is 52.8. The minimum absolute atomic E-state index is 0.0289.